The van der Waals surface area contributed by atoms with Crippen molar-refractivity contribution in [1.29, 1.82) is 0 Å². The largest absolute Gasteiger partial charge is 0.452 e. The zero-order valence-electron chi connectivity index (χ0n) is 9.38. The first kappa shape index (κ1) is 9.90. The Bertz CT molecular complexity index is 659. The lowest BCUT2D eigenvalue weighted by Crippen LogP contribution is -2.10. The first-order chi connectivity index (χ1) is 8.33. The molecule has 3 rings (SSSR count). The van der Waals surface area contributed by atoms with Gasteiger partial charge in [-0.3, -0.25) is 0 Å². The van der Waals surface area contributed by atoms with Gasteiger partial charge in [-0.25, -0.2) is 9.36 Å². The van der Waals surface area contributed by atoms with Gasteiger partial charge in [0.1, 0.15) is 0 Å². The Morgan fingerprint density at radius 3 is 1.88 bits per heavy atom. The molecule has 0 fully saturated rings. The fourth-order valence-corrected chi connectivity index (χ4v) is 2.21. The Morgan fingerprint density at radius 1 is 0.941 bits per heavy atom. The molecule has 0 atom stereocenters. The minimum atomic E-state index is -0.359. The molecule has 17 heavy (non-hydrogen) atoms. The zero-order chi connectivity index (χ0) is 11.8. The van der Waals surface area contributed by atoms with E-state index >= 15 is 0 Å². The van der Waals surface area contributed by atoms with Crippen molar-refractivity contribution in [2.24, 2.45) is 0 Å². The molecule has 3 aromatic rings. The molecular weight excluding hydrogens is 214 g/mol. The Kier molecular flexibility index (Phi) is 2.11. The van der Waals surface area contributed by atoms with Crippen LogP contribution in [0.4, 0.5) is 4.79 Å². The summed E-state index contributed by atoms with van der Waals surface area (Å²) in [5, 5.41) is 2.13. The van der Waals surface area contributed by atoms with Gasteiger partial charge in [0.05, 0.1) is 18.1 Å². The zero-order valence-corrected chi connectivity index (χ0v) is 9.38. The van der Waals surface area contributed by atoms with E-state index in [1.165, 1.54) is 7.11 Å². The van der Waals surface area contributed by atoms with Crippen LogP contribution in [0.1, 0.15) is 0 Å². The van der Waals surface area contributed by atoms with Gasteiger partial charge in [0.2, 0.25) is 0 Å². The molecule has 0 saturated heterocycles. The second-order valence-corrected chi connectivity index (χ2v) is 3.84. The van der Waals surface area contributed by atoms with E-state index in [-0.39, 0.29) is 6.09 Å². The van der Waals surface area contributed by atoms with Crippen molar-refractivity contribution in [1.82, 2.24) is 4.57 Å². The summed E-state index contributed by atoms with van der Waals surface area (Å²) in [6.07, 6.45) is -0.359. The molecule has 84 valence electrons. The van der Waals surface area contributed by atoms with Gasteiger partial charge in [-0.15, -0.1) is 0 Å². The van der Waals surface area contributed by atoms with Crippen molar-refractivity contribution >= 4 is 27.9 Å². The predicted molar refractivity (Wildman–Crippen MR) is 67.2 cm³/mol. The summed E-state index contributed by atoms with van der Waals surface area (Å²) in [5.41, 5.74) is 1.75. The fraction of sp³-hybridized carbons (Fsp3) is 0.0714. The molecule has 0 aliphatic heterocycles. The Hall–Kier alpha value is -2.29. The van der Waals surface area contributed by atoms with Gasteiger partial charge in [0, 0.05) is 10.8 Å². The number of benzene rings is 2. The summed E-state index contributed by atoms with van der Waals surface area (Å²) in [6, 6.07) is 15.6. The number of nitrogens with zero attached hydrogens (tertiary/aromatic N) is 1. The van der Waals surface area contributed by atoms with Crippen molar-refractivity contribution in [2.45, 2.75) is 0 Å². The molecule has 1 heterocycles. The van der Waals surface area contributed by atoms with Crippen molar-refractivity contribution < 1.29 is 9.53 Å². The van der Waals surface area contributed by atoms with Crippen LogP contribution in [0.5, 0.6) is 0 Å². The number of fused-ring (bicyclic) bond motifs is 3. The molecule has 3 nitrogen and oxygen atoms in total. The minimum Gasteiger partial charge on any atom is -0.452 e. The average Bonchev–Trinajstić information content (AvgIpc) is 2.72. The molecule has 0 amide bonds. The number of para-hydroxylation sites is 2. The number of carbonyl (C=O) groups excluding carboxylic acids is 1. The van der Waals surface area contributed by atoms with Gasteiger partial charge < -0.3 is 4.74 Å². The highest BCUT2D eigenvalue weighted by molar-refractivity contribution is 6.12. The maximum absolute atomic E-state index is 11.8. The van der Waals surface area contributed by atoms with Crippen molar-refractivity contribution in [3.63, 3.8) is 0 Å². The van der Waals surface area contributed by atoms with Crippen LogP contribution in [0.15, 0.2) is 48.5 Å². The molecule has 0 aliphatic rings. The second-order valence-electron chi connectivity index (χ2n) is 3.84. The molecule has 0 saturated carbocycles. The number of aromatic nitrogens is 1. The number of methoxy groups -OCH3 is 1. The van der Waals surface area contributed by atoms with E-state index in [1.54, 1.807) is 4.57 Å². The van der Waals surface area contributed by atoms with Gasteiger partial charge in [-0.1, -0.05) is 36.4 Å². The highest BCUT2D eigenvalue weighted by atomic mass is 16.5. The van der Waals surface area contributed by atoms with Crippen LogP contribution in [-0.4, -0.2) is 17.8 Å². The summed E-state index contributed by atoms with van der Waals surface area (Å²) in [5.74, 6) is 0. The van der Waals surface area contributed by atoms with E-state index in [2.05, 4.69) is 0 Å². The molecule has 1 aromatic heterocycles. The van der Waals surface area contributed by atoms with Crippen molar-refractivity contribution in [2.75, 3.05) is 7.11 Å². The third-order valence-electron chi connectivity index (χ3n) is 2.94. The van der Waals surface area contributed by atoms with Gasteiger partial charge in [0.25, 0.3) is 0 Å². The van der Waals surface area contributed by atoms with E-state index in [4.69, 9.17) is 4.74 Å². The quantitative estimate of drug-likeness (QED) is 0.587. The lowest BCUT2D eigenvalue weighted by Gasteiger charge is -2.03. The number of hydrogen-bond acceptors (Lipinski definition) is 2. The van der Waals surface area contributed by atoms with Crippen molar-refractivity contribution in [3.05, 3.63) is 48.5 Å². The van der Waals surface area contributed by atoms with Crippen molar-refractivity contribution in [3.8, 4) is 0 Å². The first-order valence-electron chi connectivity index (χ1n) is 5.39. The topological polar surface area (TPSA) is 31.2 Å². The van der Waals surface area contributed by atoms with E-state index in [1.807, 2.05) is 48.5 Å². The standard InChI is InChI=1S/C14H11NO2/c1-17-14(16)15-12-8-4-2-6-10(12)11-7-3-5-9-13(11)15/h2-9H,1H3. The molecule has 3 heteroatoms. The number of ether oxygens (including phenoxy) is 1. The smallest absolute Gasteiger partial charge is 0.418 e. The van der Waals surface area contributed by atoms with Gasteiger partial charge in [-0.05, 0) is 12.1 Å². The maximum Gasteiger partial charge on any atom is 0.418 e. The van der Waals surface area contributed by atoms with E-state index < -0.39 is 0 Å². The third kappa shape index (κ3) is 1.32. The summed E-state index contributed by atoms with van der Waals surface area (Å²) < 4.78 is 6.44. The second kappa shape index (κ2) is 3.63. The molecule has 0 radical (unpaired) electrons. The first-order valence-corrected chi connectivity index (χ1v) is 5.39. The van der Waals surface area contributed by atoms with Crippen LogP contribution in [0.2, 0.25) is 0 Å². The molecule has 0 N–H and O–H groups in total. The fourth-order valence-electron chi connectivity index (χ4n) is 2.21. The SMILES string of the molecule is COC(=O)n1c2ccccc2c2ccccc21. The third-order valence-corrected chi connectivity index (χ3v) is 2.94. The van der Waals surface area contributed by atoms with Gasteiger partial charge >= 0.3 is 6.09 Å². The van der Waals surface area contributed by atoms with E-state index in [9.17, 15) is 4.79 Å². The summed E-state index contributed by atoms with van der Waals surface area (Å²) in [7, 11) is 1.39. The van der Waals surface area contributed by atoms with Crippen LogP contribution < -0.4 is 0 Å². The summed E-state index contributed by atoms with van der Waals surface area (Å²) in [6.45, 7) is 0. The van der Waals surface area contributed by atoms with Crippen LogP contribution in [0.3, 0.4) is 0 Å². The van der Waals surface area contributed by atoms with Gasteiger partial charge in [0.15, 0.2) is 0 Å². The lowest BCUT2D eigenvalue weighted by molar-refractivity contribution is 0.175. The normalized spacial score (nSPS) is 10.9. The molecule has 0 bridgehead atoms. The molecule has 0 aliphatic carbocycles. The molecular formula is C14H11NO2. The highest BCUT2D eigenvalue weighted by Gasteiger charge is 2.14. The highest BCUT2D eigenvalue weighted by Crippen LogP contribution is 2.28. The Balaban J connectivity index is 2.54. The Morgan fingerprint density at radius 2 is 1.41 bits per heavy atom. The van der Waals surface area contributed by atoms with Crippen LogP contribution in [-0.2, 0) is 4.74 Å². The predicted octanol–water partition coefficient (Wildman–Crippen LogP) is 3.41. The van der Waals surface area contributed by atoms with Crippen LogP contribution >= 0.6 is 0 Å². The number of hydrogen-bond donors (Lipinski definition) is 0. The minimum absolute atomic E-state index is 0.359. The number of carbonyl (C=O) groups is 1. The average molecular weight is 225 g/mol. The summed E-state index contributed by atoms with van der Waals surface area (Å²) >= 11 is 0. The molecule has 0 unspecified atom stereocenters. The Labute approximate surface area is 98.2 Å². The van der Waals surface area contributed by atoms with Crippen LogP contribution in [0.25, 0.3) is 21.8 Å². The van der Waals surface area contributed by atoms with E-state index in [0.29, 0.717) is 0 Å². The number of rotatable bonds is 0. The monoisotopic (exact) mass is 225 g/mol. The van der Waals surface area contributed by atoms with Crippen LogP contribution in [0, 0.1) is 0 Å². The molecule has 0 spiro atoms. The molecule has 2 aromatic carbocycles. The van der Waals surface area contributed by atoms with Gasteiger partial charge in [-0.2, -0.15) is 0 Å². The maximum atomic E-state index is 11.8. The lowest BCUT2D eigenvalue weighted by atomic mass is 10.2. The van der Waals surface area contributed by atoms with E-state index in [0.717, 1.165) is 21.8 Å². The summed E-state index contributed by atoms with van der Waals surface area (Å²) in [4.78, 5) is 11.8.